The third kappa shape index (κ3) is 2.30. The van der Waals surface area contributed by atoms with Gasteiger partial charge in [0.05, 0.1) is 11.4 Å². The van der Waals surface area contributed by atoms with Crippen molar-refractivity contribution in [3.8, 4) is 0 Å². The number of anilines is 3. The predicted octanol–water partition coefficient (Wildman–Crippen LogP) is 2.26. The maximum absolute atomic E-state index is 6.01. The van der Waals surface area contributed by atoms with Gasteiger partial charge in [0.15, 0.2) is 0 Å². The normalized spacial score (nSPS) is 24.6. The number of nitrogens with two attached hydrogens (primary N) is 2. The van der Waals surface area contributed by atoms with E-state index >= 15 is 0 Å². The number of rotatable bonds is 2. The van der Waals surface area contributed by atoms with Crippen LogP contribution in [0.4, 0.5) is 17.2 Å². The molecule has 0 spiro atoms. The van der Waals surface area contributed by atoms with E-state index in [1.54, 1.807) is 6.20 Å². The van der Waals surface area contributed by atoms with Crippen molar-refractivity contribution in [3.63, 3.8) is 0 Å². The zero-order valence-electron chi connectivity index (χ0n) is 10.7. The van der Waals surface area contributed by atoms with Crippen molar-refractivity contribution in [2.45, 2.75) is 38.6 Å². The highest BCUT2D eigenvalue weighted by atomic mass is 15.2. The van der Waals surface area contributed by atoms with Crippen molar-refractivity contribution >= 4 is 17.2 Å². The second-order valence-corrected chi connectivity index (χ2v) is 5.07. The maximum atomic E-state index is 6.01. The molecule has 0 aliphatic heterocycles. The van der Waals surface area contributed by atoms with Gasteiger partial charge in [0.2, 0.25) is 0 Å². The van der Waals surface area contributed by atoms with Crippen molar-refractivity contribution in [1.82, 2.24) is 4.98 Å². The third-order valence-electron chi connectivity index (χ3n) is 3.94. The molecule has 2 atom stereocenters. The fraction of sp³-hybridized carbons (Fsp3) is 0.615. The van der Waals surface area contributed by atoms with Gasteiger partial charge in [0.25, 0.3) is 0 Å². The molecule has 1 aliphatic carbocycles. The minimum atomic E-state index is 0.429. The number of aromatic nitrogens is 1. The first-order valence-electron chi connectivity index (χ1n) is 6.34. The Labute approximate surface area is 103 Å². The highest BCUT2D eigenvalue weighted by Crippen LogP contribution is 2.34. The summed E-state index contributed by atoms with van der Waals surface area (Å²) in [7, 11) is 2.11. The Morgan fingerprint density at radius 1 is 1.29 bits per heavy atom. The molecule has 1 aromatic heterocycles. The fourth-order valence-electron chi connectivity index (χ4n) is 2.84. The smallest absolute Gasteiger partial charge is 0.148 e. The Bertz CT molecular complexity index is 391. The molecule has 17 heavy (non-hydrogen) atoms. The highest BCUT2D eigenvalue weighted by Gasteiger charge is 2.26. The second kappa shape index (κ2) is 4.82. The number of hydrogen-bond donors (Lipinski definition) is 2. The molecule has 0 aromatic carbocycles. The van der Waals surface area contributed by atoms with Crippen LogP contribution in [0.2, 0.25) is 0 Å². The molecule has 1 fully saturated rings. The lowest BCUT2D eigenvalue weighted by molar-refractivity contribution is 0.322. The van der Waals surface area contributed by atoms with Gasteiger partial charge in [-0.3, -0.25) is 0 Å². The number of pyridine rings is 1. The Morgan fingerprint density at radius 3 is 2.71 bits per heavy atom. The van der Waals surface area contributed by atoms with E-state index in [1.165, 1.54) is 25.7 Å². The van der Waals surface area contributed by atoms with E-state index in [9.17, 15) is 0 Å². The first kappa shape index (κ1) is 12.0. The van der Waals surface area contributed by atoms with Gasteiger partial charge in [-0.15, -0.1) is 0 Å². The van der Waals surface area contributed by atoms with Crippen LogP contribution in [-0.4, -0.2) is 18.1 Å². The summed E-state index contributed by atoms with van der Waals surface area (Å²) in [4.78, 5) is 6.29. The minimum absolute atomic E-state index is 0.429. The molecule has 0 bridgehead atoms. The largest absolute Gasteiger partial charge is 0.394 e. The van der Waals surface area contributed by atoms with Gasteiger partial charge in [-0.2, -0.15) is 0 Å². The van der Waals surface area contributed by atoms with E-state index in [0.717, 1.165) is 5.69 Å². The Hall–Kier alpha value is -1.45. The van der Waals surface area contributed by atoms with Crippen LogP contribution >= 0.6 is 0 Å². The van der Waals surface area contributed by atoms with Gasteiger partial charge in [-0.05, 0) is 24.8 Å². The van der Waals surface area contributed by atoms with Crippen LogP contribution < -0.4 is 16.4 Å². The Balaban J connectivity index is 2.23. The molecule has 4 nitrogen and oxygen atoms in total. The molecule has 1 saturated carbocycles. The Morgan fingerprint density at radius 2 is 2.00 bits per heavy atom. The zero-order valence-corrected chi connectivity index (χ0v) is 10.7. The van der Waals surface area contributed by atoms with E-state index < -0.39 is 0 Å². The molecule has 1 aliphatic rings. The van der Waals surface area contributed by atoms with E-state index in [1.807, 2.05) is 6.07 Å². The molecule has 0 unspecified atom stereocenters. The number of hydrogen-bond acceptors (Lipinski definition) is 4. The van der Waals surface area contributed by atoms with Crippen molar-refractivity contribution in [3.05, 3.63) is 12.3 Å². The molecule has 94 valence electrons. The number of nitrogens with zero attached hydrogens (tertiary/aromatic N) is 2. The number of nitrogen functional groups attached to an aromatic ring is 2. The van der Waals surface area contributed by atoms with Crippen LogP contribution in [0.15, 0.2) is 12.3 Å². The summed E-state index contributed by atoms with van der Waals surface area (Å²) < 4.78 is 0. The molecular formula is C13H22N4. The van der Waals surface area contributed by atoms with Crippen LogP contribution in [-0.2, 0) is 0 Å². The molecular weight excluding hydrogens is 212 g/mol. The summed E-state index contributed by atoms with van der Waals surface area (Å²) in [5, 5.41) is 0. The van der Waals surface area contributed by atoms with Crippen LogP contribution in [0.5, 0.6) is 0 Å². The van der Waals surface area contributed by atoms with E-state index in [-0.39, 0.29) is 0 Å². The van der Waals surface area contributed by atoms with E-state index in [2.05, 4.69) is 23.9 Å². The van der Waals surface area contributed by atoms with E-state index in [4.69, 9.17) is 11.5 Å². The van der Waals surface area contributed by atoms with Crippen LogP contribution in [0, 0.1) is 5.92 Å². The van der Waals surface area contributed by atoms with Crippen LogP contribution in [0.3, 0.4) is 0 Å². The monoisotopic (exact) mass is 234 g/mol. The van der Waals surface area contributed by atoms with Gasteiger partial charge < -0.3 is 16.4 Å². The first-order valence-corrected chi connectivity index (χ1v) is 6.34. The second-order valence-electron chi connectivity index (χ2n) is 5.07. The van der Waals surface area contributed by atoms with Gasteiger partial charge in [0.1, 0.15) is 5.82 Å². The molecule has 2 rings (SSSR count). The first-order chi connectivity index (χ1) is 8.11. The quantitative estimate of drug-likeness (QED) is 0.823. The maximum Gasteiger partial charge on any atom is 0.148 e. The molecule has 1 aromatic rings. The molecule has 4 heteroatoms. The minimum Gasteiger partial charge on any atom is -0.394 e. The SMILES string of the molecule is C[C@@H]1CCCC[C@@H]1N(C)c1ccnc(N)c1N. The van der Waals surface area contributed by atoms with Gasteiger partial charge in [0, 0.05) is 19.3 Å². The average Bonchev–Trinajstić information content (AvgIpc) is 2.32. The van der Waals surface area contributed by atoms with Crippen molar-refractivity contribution in [2.75, 3.05) is 23.4 Å². The molecule has 0 amide bonds. The summed E-state index contributed by atoms with van der Waals surface area (Å²) >= 11 is 0. The van der Waals surface area contributed by atoms with Crippen LogP contribution in [0.25, 0.3) is 0 Å². The summed E-state index contributed by atoms with van der Waals surface area (Å²) in [6, 6.07) is 2.51. The molecule has 4 N–H and O–H groups in total. The highest BCUT2D eigenvalue weighted by molar-refractivity contribution is 5.76. The topological polar surface area (TPSA) is 68.2 Å². The van der Waals surface area contributed by atoms with Gasteiger partial charge in [-0.25, -0.2) is 4.98 Å². The third-order valence-corrected chi connectivity index (χ3v) is 3.94. The van der Waals surface area contributed by atoms with Crippen molar-refractivity contribution in [2.24, 2.45) is 5.92 Å². The molecule has 0 saturated heterocycles. The fourth-order valence-corrected chi connectivity index (χ4v) is 2.84. The summed E-state index contributed by atoms with van der Waals surface area (Å²) in [5.74, 6) is 1.14. The summed E-state index contributed by atoms with van der Waals surface area (Å²) in [6.07, 6.45) is 6.92. The van der Waals surface area contributed by atoms with Gasteiger partial charge >= 0.3 is 0 Å². The zero-order chi connectivity index (χ0) is 12.4. The summed E-state index contributed by atoms with van der Waals surface area (Å²) in [5.41, 5.74) is 13.4. The average molecular weight is 234 g/mol. The standard InChI is InChI=1S/C13H22N4/c1-9-5-3-4-6-10(9)17(2)11-7-8-16-13(15)12(11)14/h7-10H,3-6,14H2,1-2H3,(H2,15,16)/t9-,10+/m1/s1. The van der Waals surface area contributed by atoms with Crippen molar-refractivity contribution < 1.29 is 0 Å². The lowest BCUT2D eigenvalue weighted by atomic mass is 9.85. The summed E-state index contributed by atoms with van der Waals surface area (Å²) in [6.45, 7) is 2.32. The lowest BCUT2D eigenvalue weighted by Crippen LogP contribution is -2.39. The molecule has 0 radical (unpaired) electrons. The lowest BCUT2D eigenvalue weighted by Gasteiger charge is -2.38. The Kier molecular flexibility index (Phi) is 3.41. The van der Waals surface area contributed by atoms with Gasteiger partial charge in [-0.1, -0.05) is 19.8 Å². The predicted molar refractivity (Wildman–Crippen MR) is 72.9 cm³/mol. The van der Waals surface area contributed by atoms with Crippen molar-refractivity contribution in [1.29, 1.82) is 0 Å². The van der Waals surface area contributed by atoms with E-state index in [0.29, 0.717) is 23.5 Å². The van der Waals surface area contributed by atoms with Crippen LogP contribution in [0.1, 0.15) is 32.6 Å². The molecule has 1 heterocycles.